The van der Waals surface area contributed by atoms with E-state index in [4.69, 9.17) is 0 Å². The molecule has 1 aromatic rings. The monoisotopic (exact) mass is 217 g/mol. The highest BCUT2D eigenvalue weighted by Crippen LogP contribution is 2.16. The lowest BCUT2D eigenvalue weighted by molar-refractivity contribution is -0.0500. The van der Waals surface area contributed by atoms with Crippen LogP contribution in [-0.2, 0) is 0 Å². The quantitative estimate of drug-likeness (QED) is 0.767. The number of pyridine rings is 1. The maximum atomic E-state index is 11.7. The smallest absolute Gasteiger partial charge is 0.387 e. The van der Waals surface area contributed by atoms with E-state index in [1.807, 2.05) is 27.7 Å². The molecule has 0 spiro atoms. The lowest BCUT2D eigenvalue weighted by atomic mass is 10.1. The first kappa shape index (κ1) is 13.8. The van der Waals surface area contributed by atoms with Crippen molar-refractivity contribution in [3.63, 3.8) is 0 Å². The zero-order valence-electron chi connectivity index (χ0n) is 9.50. The predicted molar refractivity (Wildman–Crippen MR) is 56.3 cm³/mol. The van der Waals surface area contributed by atoms with Crippen molar-refractivity contribution in [1.29, 1.82) is 0 Å². The van der Waals surface area contributed by atoms with E-state index < -0.39 is 6.61 Å². The second-order valence-electron chi connectivity index (χ2n) is 2.95. The van der Waals surface area contributed by atoms with Crippen molar-refractivity contribution in [3.05, 3.63) is 24.0 Å². The van der Waals surface area contributed by atoms with Gasteiger partial charge >= 0.3 is 6.61 Å². The van der Waals surface area contributed by atoms with Crippen molar-refractivity contribution in [2.45, 2.75) is 40.2 Å². The lowest BCUT2D eigenvalue weighted by Crippen LogP contribution is -2.02. The minimum absolute atomic E-state index is 0.0967. The first-order valence-electron chi connectivity index (χ1n) is 5.00. The minimum atomic E-state index is -2.79. The standard InChI is InChI=1S/C9H11F2NO.C2H6/c1-6(2)8-4-3-7(5-12-8)13-9(10)11;1-2/h3-6,9H,1-2H3;1-2H3. The number of nitrogens with zero attached hydrogens (tertiary/aromatic N) is 1. The van der Waals surface area contributed by atoms with Crippen LogP contribution in [-0.4, -0.2) is 11.6 Å². The van der Waals surface area contributed by atoms with Gasteiger partial charge in [-0.3, -0.25) is 4.98 Å². The number of alkyl halides is 2. The fourth-order valence-electron chi connectivity index (χ4n) is 0.906. The van der Waals surface area contributed by atoms with Crippen LogP contribution in [0.1, 0.15) is 39.3 Å². The molecule has 0 aliphatic rings. The summed E-state index contributed by atoms with van der Waals surface area (Å²) < 4.78 is 27.6. The first-order valence-corrected chi connectivity index (χ1v) is 5.00. The summed E-state index contributed by atoms with van der Waals surface area (Å²) in [5, 5.41) is 0. The van der Waals surface area contributed by atoms with E-state index in [1.165, 1.54) is 12.3 Å². The van der Waals surface area contributed by atoms with Gasteiger partial charge in [-0.1, -0.05) is 27.7 Å². The summed E-state index contributed by atoms with van der Waals surface area (Å²) in [5.41, 5.74) is 0.863. The maximum Gasteiger partial charge on any atom is 0.387 e. The zero-order valence-corrected chi connectivity index (χ0v) is 9.50. The van der Waals surface area contributed by atoms with E-state index in [0.717, 1.165) is 5.69 Å². The van der Waals surface area contributed by atoms with Gasteiger partial charge in [-0.05, 0) is 18.1 Å². The average Bonchev–Trinajstić information content (AvgIpc) is 2.20. The molecule has 0 aliphatic carbocycles. The van der Waals surface area contributed by atoms with Crippen LogP contribution < -0.4 is 4.74 Å². The Morgan fingerprint density at radius 3 is 2.13 bits per heavy atom. The molecule has 0 unspecified atom stereocenters. The molecule has 0 amide bonds. The van der Waals surface area contributed by atoms with Gasteiger partial charge in [0, 0.05) is 5.69 Å². The molecule has 0 atom stereocenters. The number of hydrogen-bond acceptors (Lipinski definition) is 2. The van der Waals surface area contributed by atoms with Gasteiger partial charge in [0.15, 0.2) is 0 Å². The van der Waals surface area contributed by atoms with E-state index >= 15 is 0 Å². The van der Waals surface area contributed by atoms with Gasteiger partial charge in [0.25, 0.3) is 0 Å². The lowest BCUT2D eigenvalue weighted by Gasteiger charge is -2.06. The number of rotatable bonds is 3. The average molecular weight is 217 g/mol. The van der Waals surface area contributed by atoms with Crippen molar-refractivity contribution in [2.75, 3.05) is 0 Å². The van der Waals surface area contributed by atoms with E-state index in [0.29, 0.717) is 5.92 Å². The van der Waals surface area contributed by atoms with Crippen LogP contribution in [0, 0.1) is 0 Å². The summed E-state index contributed by atoms with van der Waals surface area (Å²) in [7, 11) is 0. The molecule has 4 heteroatoms. The molecule has 15 heavy (non-hydrogen) atoms. The molecule has 0 bridgehead atoms. The molecule has 86 valence electrons. The Balaban J connectivity index is 0.000000921. The predicted octanol–water partition coefficient (Wildman–Crippen LogP) is 3.83. The molecule has 0 saturated heterocycles. The molecular formula is C11H17F2NO. The van der Waals surface area contributed by atoms with Gasteiger partial charge in [-0.15, -0.1) is 0 Å². The Morgan fingerprint density at radius 2 is 1.80 bits per heavy atom. The van der Waals surface area contributed by atoms with Gasteiger partial charge < -0.3 is 4.74 Å². The van der Waals surface area contributed by atoms with Gasteiger partial charge in [0.1, 0.15) is 5.75 Å². The van der Waals surface area contributed by atoms with Crippen molar-refractivity contribution in [2.24, 2.45) is 0 Å². The summed E-state index contributed by atoms with van der Waals surface area (Å²) in [4.78, 5) is 3.97. The third-order valence-corrected chi connectivity index (χ3v) is 1.58. The van der Waals surface area contributed by atoms with Crippen LogP contribution in [0.3, 0.4) is 0 Å². The van der Waals surface area contributed by atoms with Crippen molar-refractivity contribution < 1.29 is 13.5 Å². The Morgan fingerprint density at radius 1 is 1.20 bits per heavy atom. The molecule has 0 N–H and O–H groups in total. The number of ether oxygens (including phenoxy) is 1. The molecule has 1 heterocycles. The highest BCUT2D eigenvalue weighted by atomic mass is 19.3. The SMILES string of the molecule is CC.CC(C)c1ccc(OC(F)F)cn1. The van der Waals surface area contributed by atoms with Gasteiger partial charge in [-0.2, -0.15) is 8.78 Å². The fourth-order valence-corrected chi connectivity index (χ4v) is 0.906. The molecule has 1 rings (SSSR count). The maximum absolute atomic E-state index is 11.7. The summed E-state index contributed by atoms with van der Waals surface area (Å²) >= 11 is 0. The van der Waals surface area contributed by atoms with Crippen molar-refractivity contribution in [3.8, 4) is 5.75 Å². The largest absolute Gasteiger partial charge is 0.433 e. The topological polar surface area (TPSA) is 22.1 Å². The van der Waals surface area contributed by atoms with Gasteiger partial charge in [0.05, 0.1) is 6.20 Å². The minimum Gasteiger partial charge on any atom is -0.433 e. The number of aromatic nitrogens is 1. The van der Waals surface area contributed by atoms with Crippen LogP contribution in [0.25, 0.3) is 0 Å². The zero-order chi connectivity index (χ0) is 11.8. The molecule has 0 aliphatic heterocycles. The normalized spacial score (nSPS) is 9.87. The van der Waals surface area contributed by atoms with E-state index in [9.17, 15) is 8.78 Å². The Bertz CT molecular complexity index is 260. The summed E-state index contributed by atoms with van der Waals surface area (Å²) in [6, 6.07) is 3.18. The Hall–Kier alpha value is -1.19. The number of hydrogen-bond donors (Lipinski definition) is 0. The molecule has 1 aromatic heterocycles. The molecule has 0 radical (unpaired) electrons. The molecule has 0 fully saturated rings. The highest BCUT2D eigenvalue weighted by Gasteiger charge is 2.05. The summed E-state index contributed by atoms with van der Waals surface area (Å²) in [6.45, 7) is 5.18. The highest BCUT2D eigenvalue weighted by molar-refractivity contribution is 5.21. The van der Waals surface area contributed by atoms with E-state index in [1.54, 1.807) is 6.07 Å². The van der Waals surface area contributed by atoms with Crippen LogP contribution >= 0.6 is 0 Å². The van der Waals surface area contributed by atoms with Crippen molar-refractivity contribution in [1.82, 2.24) is 4.98 Å². The third kappa shape index (κ3) is 5.30. The van der Waals surface area contributed by atoms with Gasteiger partial charge in [0.2, 0.25) is 0 Å². The second kappa shape index (κ2) is 7.15. The fraction of sp³-hybridized carbons (Fsp3) is 0.545. The van der Waals surface area contributed by atoms with E-state index in [-0.39, 0.29) is 5.75 Å². The number of halogens is 2. The van der Waals surface area contributed by atoms with E-state index in [2.05, 4.69) is 9.72 Å². The Kier molecular flexibility index (Phi) is 6.58. The third-order valence-electron chi connectivity index (χ3n) is 1.58. The van der Waals surface area contributed by atoms with Crippen LogP contribution in [0.5, 0.6) is 5.75 Å². The summed E-state index contributed by atoms with van der Waals surface area (Å²) in [6.07, 6.45) is 1.31. The van der Waals surface area contributed by atoms with Gasteiger partial charge in [-0.25, -0.2) is 0 Å². The molecular weight excluding hydrogens is 200 g/mol. The molecule has 2 nitrogen and oxygen atoms in total. The molecule has 0 saturated carbocycles. The second-order valence-corrected chi connectivity index (χ2v) is 2.95. The Labute approximate surface area is 89.3 Å². The summed E-state index contributed by atoms with van der Waals surface area (Å²) in [5.74, 6) is 0.389. The van der Waals surface area contributed by atoms with Crippen molar-refractivity contribution >= 4 is 0 Å². The van der Waals surface area contributed by atoms with Crippen LogP contribution in [0.15, 0.2) is 18.3 Å². The van der Waals surface area contributed by atoms with Crippen LogP contribution in [0.2, 0.25) is 0 Å². The first-order chi connectivity index (χ1) is 7.09. The molecule has 0 aromatic carbocycles. The van der Waals surface area contributed by atoms with Crippen LogP contribution in [0.4, 0.5) is 8.78 Å².